The predicted octanol–water partition coefficient (Wildman–Crippen LogP) is 1.20. The van der Waals surface area contributed by atoms with Crippen LogP contribution in [0, 0.1) is 16.0 Å². The Hall–Kier alpha value is -1.69. The molecule has 0 spiro atoms. The lowest BCUT2D eigenvalue weighted by atomic mass is 9.96. The SMILES string of the molecule is CC1CCN(c2cc([N+](=O)[O-])ccn2)CC1O. The molecule has 1 fully saturated rings. The van der Waals surface area contributed by atoms with Crippen molar-refractivity contribution in [2.24, 2.45) is 5.92 Å². The molecule has 1 aromatic heterocycles. The molecule has 92 valence electrons. The molecule has 6 nitrogen and oxygen atoms in total. The van der Waals surface area contributed by atoms with Crippen LogP contribution in [0.5, 0.6) is 0 Å². The minimum absolute atomic E-state index is 0.0307. The zero-order valence-electron chi connectivity index (χ0n) is 9.61. The second kappa shape index (κ2) is 4.67. The van der Waals surface area contributed by atoms with Gasteiger partial charge >= 0.3 is 0 Å². The summed E-state index contributed by atoms with van der Waals surface area (Å²) in [5.41, 5.74) is 0.0307. The Bertz CT molecular complexity index is 424. The summed E-state index contributed by atoms with van der Waals surface area (Å²) >= 11 is 0. The van der Waals surface area contributed by atoms with Crippen molar-refractivity contribution in [1.82, 2.24) is 4.98 Å². The fourth-order valence-corrected chi connectivity index (χ4v) is 1.95. The van der Waals surface area contributed by atoms with Crippen molar-refractivity contribution in [2.75, 3.05) is 18.0 Å². The van der Waals surface area contributed by atoms with Gasteiger partial charge in [-0.15, -0.1) is 0 Å². The molecule has 0 aliphatic carbocycles. The lowest BCUT2D eigenvalue weighted by Crippen LogP contribution is -2.43. The number of aliphatic hydroxyl groups excluding tert-OH is 1. The predicted molar refractivity (Wildman–Crippen MR) is 62.9 cm³/mol. The molecule has 2 atom stereocenters. The molecule has 0 radical (unpaired) electrons. The van der Waals surface area contributed by atoms with E-state index in [1.807, 2.05) is 11.8 Å². The van der Waals surface area contributed by atoms with E-state index in [1.54, 1.807) is 0 Å². The molecule has 2 unspecified atom stereocenters. The van der Waals surface area contributed by atoms with E-state index in [4.69, 9.17) is 0 Å². The highest BCUT2D eigenvalue weighted by Crippen LogP contribution is 2.24. The summed E-state index contributed by atoms with van der Waals surface area (Å²) < 4.78 is 0. The number of nitrogens with zero attached hydrogens (tertiary/aromatic N) is 3. The van der Waals surface area contributed by atoms with Crippen LogP contribution < -0.4 is 4.90 Å². The van der Waals surface area contributed by atoms with Crippen LogP contribution in [0.4, 0.5) is 11.5 Å². The molecule has 1 aromatic rings. The third kappa shape index (κ3) is 2.52. The number of pyridine rings is 1. The van der Waals surface area contributed by atoms with Crippen LogP contribution in [-0.2, 0) is 0 Å². The third-order valence-corrected chi connectivity index (χ3v) is 3.18. The monoisotopic (exact) mass is 237 g/mol. The second-order valence-corrected chi connectivity index (χ2v) is 4.41. The Balaban J connectivity index is 2.17. The van der Waals surface area contributed by atoms with Gasteiger partial charge in [0.05, 0.1) is 17.1 Å². The minimum atomic E-state index is -0.436. The Morgan fingerprint density at radius 2 is 2.41 bits per heavy atom. The van der Waals surface area contributed by atoms with Gasteiger partial charge in [0, 0.05) is 25.4 Å². The van der Waals surface area contributed by atoms with Crippen molar-refractivity contribution in [2.45, 2.75) is 19.4 Å². The highest BCUT2D eigenvalue weighted by atomic mass is 16.6. The van der Waals surface area contributed by atoms with Crippen LogP contribution >= 0.6 is 0 Å². The standard InChI is InChI=1S/C11H15N3O3/c1-8-3-5-13(7-10(8)15)11-6-9(14(16)17)2-4-12-11/h2,4,6,8,10,15H,3,5,7H2,1H3. The largest absolute Gasteiger partial charge is 0.391 e. The van der Waals surface area contributed by atoms with Gasteiger partial charge < -0.3 is 10.0 Å². The topological polar surface area (TPSA) is 79.5 Å². The quantitative estimate of drug-likeness (QED) is 0.617. The molecule has 1 N–H and O–H groups in total. The number of nitro groups is 1. The maximum atomic E-state index is 10.7. The lowest BCUT2D eigenvalue weighted by Gasteiger charge is -2.34. The van der Waals surface area contributed by atoms with Gasteiger partial charge in [-0.3, -0.25) is 10.1 Å². The van der Waals surface area contributed by atoms with Crippen LogP contribution in [0.2, 0.25) is 0 Å². The van der Waals surface area contributed by atoms with Gasteiger partial charge in [0.25, 0.3) is 5.69 Å². The molecule has 0 saturated carbocycles. The smallest absolute Gasteiger partial charge is 0.274 e. The van der Waals surface area contributed by atoms with Gasteiger partial charge in [0.15, 0.2) is 0 Å². The zero-order valence-corrected chi connectivity index (χ0v) is 9.61. The fourth-order valence-electron chi connectivity index (χ4n) is 1.95. The van der Waals surface area contributed by atoms with Gasteiger partial charge in [-0.25, -0.2) is 4.98 Å². The molecule has 2 heterocycles. The average Bonchev–Trinajstić information content (AvgIpc) is 2.33. The number of rotatable bonds is 2. The van der Waals surface area contributed by atoms with E-state index in [9.17, 15) is 15.2 Å². The Morgan fingerprint density at radius 3 is 3.06 bits per heavy atom. The molecule has 1 aliphatic rings. The van der Waals surface area contributed by atoms with Gasteiger partial charge in [-0.2, -0.15) is 0 Å². The molecular formula is C11H15N3O3. The minimum Gasteiger partial charge on any atom is -0.391 e. The number of hydrogen-bond donors (Lipinski definition) is 1. The van der Waals surface area contributed by atoms with E-state index >= 15 is 0 Å². The van der Waals surface area contributed by atoms with Crippen molar-refractivity contribution >= 4 is 11.5 Å². The van der Waals surface area contributed by atoms with E-state index in [0.717, 1.165) is 13.0 Å². The zero-order chi connectivity index (χ0) is 12.4. The number of aliphatic hydroxyl groups is 1. The van der Waals surface area contributed by atoms with Gasteiger partial charge in [0.2, 0.25) is 0 Å². The molecule has 1 aliphatic heterocycles. The summed E-state index contributed by atoms with van der Waals surface area (Å²) in [5.74, 6) is 0.829. The first kappa shape index (κ1) is 11.8. The number of piperidine rings is 1. The fraction of sp³-hybridized carbons (Fsp3) is 0.545. The van der Waals surface area contributed by atoms with E-state index in [-0.39, 0.29) is 11.6 Å². The third-order valence-electron chi connectivity index (χ3n) is 3.18. The van der Waals surface area contributed by atoms with E-state index in [0.29, 0.717) is 12.4 Å². The second-order valence-electron chi connectivity index (χ2n) is 4.41. The van der Waals surface area contributed by atoms with Crippen molar-refractivity contribution in [3.63, 3.8) is 0 Å². The first-order valence-electron chi connectivity index (χ1n) is 5.61. The van der Waals surface area contributed by atoms with Gasteiger partial charge in [-0.1, -0.05) is 6.92 Å². The maximum absolute atomic E-state index is 10.7. The first-order valence-corrected chi connectivity index (χ1v) is 5.61. The van der Waals surface area contributed by atoms with E-state index < -0.39 is 11.0 Å². The summed E-state index contributed by atoms with van der Waals surface area (Å²) in [4.78, 5) is 16.2. The number of β-amino-alcohol motifs (C(OH)–C–C–N with tert-alkyl or cyclic N) is 1. The van der Waals surface area contributed by atoms with Crippen LogP contribution in [0.25, 0.3) is 0 Å². The van der Waals surface area contributed by atoms with Gasteiger partial charge in [-0.05, 0) is 12.3 Å². The normalized spacial score (nSPS) is 24.7. The lowest BCUT2D eigenvalue weighted by molar-refractivity contribution is -0.384. The summed E-state index contributed by atoms with van der Waals surface area (Å²) in [5, 5.41) is 20.4. The maximum Gasteiger partial charge on any atom is 0.274 e. The molecule has 1 saturated heterocycles. The molecular weight excluding hydrogens is 222 g/mol. The molecule has 2 rings (SSSR count). The Morgan fingerprint density at radius 1 is 1.65 bits per heavy atom. The summed E-state index contributed by atoms with van der Waals surface area (Å²) in [6.45, 7) is 3.25. The number of hydrogen-bond acceptors (Lipinski definition) is 5. The summed E-state index contributed by atoms with van der Waals surface area (Å²) in [6, 6.07) is 2.81. The molecule has 0 bridgehead atoms. The molecule has 0 amide bonds. The number of aromatic nitrogens is 1. The Labute approximate surface area is 99.0 Å². The first-order chi connectivity index (χ1) is 8.08. The Kier molecular flexibility index (Phi) is 3.23. The van der Waals surface area contributed by atoms with Crippen molar-refractivity contribution in [1.29, 1.82) is 0 Å². The van der Waals surface area contributed by atoms with E-state index in [2.05, 4.69) is 4.98 Å². The molecule has 17 heavy (non-hydrogen) atoms. The van der Waals surface area contributed by atoms with Crippen LogP contribution in [0.15, 0.2) is 18.3 Å². The van der Waals surface area contributed by atoms with Gasteiger partial charge in [0.1, 0.15) is 5.82 Å². The average molecular weight is 237 g/mol. The van der Waals surface area contributed by atoms with Crippen molar-refractivity contribution < 1.29 is 10.0 Å². The van der Waals surface area contributed by atoms with Crippen LogP contribution in [0.3, 0.4) is 0 Å². The highest BCUT2D eigenvalue weighted by Gasteiger charge is 2.25. The van der Waals surface area contributed by atoms with E-state index in [1.165, 1.54) is 18.3 Å². The molecule has 0 aromatic carbocycles. The highest BCUT2D eigenvalue weighted by molar-refractivity contribution is 5.47. The van der Waals surface area contributed by atoms with Crippen molar-refractivity contribution in [3.05, 3.63) is 28.4 Å². The summed E-state index contributed by atoms with van der Waals surface area (Å²) in [7, 11) is 0. The van der Waals surface area contributed by atoms with Crippen LogP contribution in [-0.4, -0.2) is 34.2 Å². The summed E-state index contributed by atoms with van der Waals surface area (Å²) in [6.07, 6.45) is 1.90. The molecule has 6 heteroatoms. The van der Waals surface area contributed by atoms with Crippen LogP contribution in [0.1, 0.15) is 13.3 Å². The van der Waals surface area contributed by atoms with Crippen molar-refractivity contribution in [3.8, 4) is 0 Å². The number of anilines is 1.